The highest BCUT2D eigenvalue weighted by Crippen LogP contribution is 2.27. The van der Waals surface area contributed by atoms with Gasteiger partial charge in [-0.05, 0) is 31.0 Å². The molecule has 23 heavy (non-hydrogen) atoms. The topological polar surface area (TPSA) is 79.2 Å². The molecule has 1 aliphatic carbocycles. The van der Waals surface area contributed by atoms with Crippen molar-refractivity contribution in [3.8, 4) is 6.07 Å². The van der Waals surface area contributed by atoms with Gasteiger partial charge in [-0.1, -0.05) is 42.5 Å². The summed E-state index contributed by atoms with van der Waals surface area (Å²) >= 11 is 11.7. The van der Waals surface area contributed by atoms with Crippen molar-refractivity contribution >= 4 is 35.1 Å². The number of nitriles is 1. The van der Waals surface area contributed by atoms with E-state index in [4.69, 9.17) is 27.9 Å². The minimum absolute atomic E-state index is 0.136. The minimum atomic E-state index is -0.848. The van der Waals surface area contributed by atoms with Crippen molar-refractivity contribution in [1.29, 1.82) is 5.26 Å². The van der Waals surface area contributed by atoms with Crippen LogP contribution >= 0.6 is 23.2 Å². The summed E-state index contributed by atoms with van der Waals surface area (Å²) in [6.07, 6.45) is 4.09. The van der Waals surface area contributed by atoms with Crippen LogP contribution in [0.25, 0.3) is 0 Å². The molecule has 7 heteroatoms. The summed E-state index contributed by atoms with van der Waals surface area (Å²) in [5, 5.41) is 12.5. The summed E-state index contributed by atoms with van der Waals surface area (Å²) in [6.45, 7) is -0.457. The number of halogens is 2. The second-order valence-electron chi connectivity index (χ2n) is 5.50. The lowest BCUT2D eigenvalue weighted by Crippen LogP contribution is -2.50. The van der Waals surface area contributed by atoms with Crippen LogP contribution in [0.3, 0.4) is 0 Å². The molecule has 0 aromatic heterocycles. The van der Waals surface area contributed by atoms with E-state index in [1.807, 2.05) is 0 Å². The van der Waals surface area contributed by atoms with Crippen LogP contribution in [0.15, 0.2) is 18.2 Å². The third-order valence-corrected chi connectivity index (χ3v) is 4.33. The fourth-order valence-electron chi connectivity index (χ4n) is 2.59. The molecule has 0 aliphatic heterocycles. The number of carbonyl (C=O) groups excluding carboxylic acids is 2. The number of hydrogen-bond acceptors (Lipinski definition) is 4. The molecule has 0 bridgehead atoms. The molecule has 0 saturated heterocycles. The number of nitrogens with zero attached hydrogens (tertiary/aromatic N) is 1. The number of hydrogen-bond donors (Lipinski definition) is 1. The van der Waals surface area contributed by atoms with Gasteiger partial charge in [0.15, 0.2) is 6.61 Å². The zero-order chi connectivity index (χ0) is 16.9. The third kappa shape index (κ3) is 4.60. The Morgan fingerprint density at radius 3 is 2.57 bits per heavy atom. The lowest BCUT2D eigenvalue weighted by molar-refractivity contribution is -0.125. The van der Waals surface area contributed by atoms with E-state index in [1.165, 1.54) is 18.2 Å². The molecule has 1 N–H and O–H groups in total. The van der Waals surface area contributed by atoms with E-state index < -0.39 is 24.0 Å². The van der Waals surface area contributed by atoms with Crippen LogP contribution in [0, 0.1) is 11.3 Å². The molecule has 1 aromatic carbocycles. The fraction of sp³-hybridized carbons (Fsp3) is 0.438. The van der Waals surface area contributed by atoms with Crippen molar-refractivity contribution in [2.45, 2.75) is 37.6 Å². The van der Waals surface area contributed by atoms with Crippen LogP contribution in [-0.2, 0) is 9.53 Å². The number of benzene rings is 1. The van der Waals surface area contributed by atoms with E-state index in [9.17, 15) is 14.9 Å². The molecule has 1 amide bonds. The molecule has 2 rings (SSSR count). The Hall–Kier alpha value is -1.77. The molecule has 0 radical (unpaired) electrons. The Balaban J connectivity index is 1.91. The fourth-order valence-corrected chi connectivity index (χ4v) is 3.07. The average Bonchev–Trinajstić information content (AvgIpc) is 2.53. The summed E-state index contributed by atoms with van der Waals surface area (Å²) in [4.78, 5) is 23.9. The first-order valence-electron chi connectivity index (χ1n) is 7.30. The lowest BCUT2D eigenvalue weighted by Gasteiger charge is -2.31. The van der Waals surface area contributed by atoms with Gasteiger partial charge >= 0.3 is 5.97 Å². The normalized spacial score (nSPS) is 16.2. The van der Waals surface area contributed by atoms with Gasteiger partial charge in [0.1, 0.15) is 5.54 Å². The van der Waals surface area contributed by atoms with E-state index in [0.29, 0.717) is 17.9 Å². The molecule has 1 aliphatic rings. The highest BCUT2D eigenvalue weighted by atomic mass is 35.5. The first-order valence-corrected chi connectivity index (χ1v) is 8.06. The Morgan fingerprint density at radius 1 is 1.26 bits per heavy atom. The van der Waals surface area contributed by atoms with E-state index in [0.717, 1.165) is 19.3 Å². The highest BCUT2D eigenvalue weighted by Gasteiger charge is 2.33. The maximum Gasteiger partial charge on any atom is 0.340 e. The number of esters is 1. The van der Waals surface area contributed by atoms with Crippen molar-refractivity contribution in [1.82, 2.24) is 5.32 Å². The van der Waals surface area contributed by atoms with Crippen LogP contribution in [0.1, 0.15) is 42.5 Å². The quantitative estimate of drug-likeness (QED) is 0.839. The van der Waals surface area contributed by atoms with Gasteiger partial charge in [0.05, 0.1) is 16.7 Å². The molecule has 122 valence electrons. The van der Waals surface area contributed by atoms with Gasteiger partial charge in [-0.15, -0.1) is 0 Å². The van der Waals surface area contributed by atoms with Crippen LogP contribution in [0.4, 0.5) is 0 Å². The summed E-state index contributed by atoms with van der Waals surface area (Å²) < 4.78 is 4.95. The van der Waals surface area contributed by atoms with Gasteiger partial charge < -0.3 is 10.1 Å². The Bertz CT molecular complexity index is 649. The molecule has 1 aromatic rings. The standard InChI is InChI=1S/C16H16Cl2N2O3/c17-11-4-5-12(13(18)8-11)15(22)23-9-14(21)20-16(10-19)6-2-1-3-7-16/h4-5,8H,1-3,6-7,9H2,(H,20,21). The van der Waals surface area contributed by atoms with E-state index >= 15 is 0 Å². The molecule has 0 heterocycles. The summed E-state index contributed by atoms with van der Waals surface area (Å²) in [6, 6.07) is 6.54. The summed E-state index contributed by atoms with van der Waals surface area (Å²) in [5.41, 5.74) is -0.712. The Labute approximate surface area is 144 Å². The highest BCUT2D eigenvalue weighted by molar-refractivity contribution is 6.36. The van der Waals surface area contributed by atoms with Crippen LogP contribution < -0.4 is 5.32 Å². The van der Waals surface area contributed by atoms with Gasteiger partial charge in [-0.3, -0.25) is 4.79 Å². The zero-order valence-corrected chi connectivity index (χ0v) is 13.9. The SMILES string of the molecule is N#CC1(NC(=O)COC(=O)c2ccc(Cl)cc2Cl)CCCCC1. The molecular weight excluding hydrogens is 339 g/mol. The van der Waals surface area contributed by atoms with E-state index in [-0.39, 0.29) is 10.6 Å². The van der Waals surface area contributed by atoms with Crippen LogP contribution in [0.5, 0.6) is 0 Å². The van der Waals surface area contributed by atoms with Crippen molar-refractivity contribution < 1.29 is 14.3 Å². The minimum Gasteiger partial charge on any atom is -0.452 e. The van der Waals surface area contributed by atoms with Gasteiger partial charge in [-0.2, -0.15) is 5.26 Å². The molecular formula is C16H16Cl2N2O3. The third-order valence-electron chi connectivity index (χ3n) is 3.79. The largest absolute Gasteiger partial charge is 0.452 e. The predicted octanol–water partition coefficient (Wildman–Crippen LogP) is 3.49. The second kappa shape index (κ2) is 7.67. The maximum absolute atomic E-state index is 12.0. The van der Waals surface area contributed by atoms with E-state index in [1.54, 1.807) is 0 Å². The maximum atomic E-state index is 12.0. The first-order chi connectivity index (χ1) is 11.0. The van der Waals surface area contributed by atoms with Gasteiger partial charge in [0, 0.05) is 5.02 Å². The first kappa shape index (κ1) is 17.6. The zero-order valence-electron chi connectivity index (χ0n) is 12.4. The monoisotopic (exact) mass is 354 g/mol. The van der Waals surface area contributed by atoms with Crippen molar-refractivity contribution in [2.75, 3.05) is 6.61 Å². The van der Waals surface area contributed by atoms with Crippen molar-refractivity contribution in [3.05, 3.63) is 33.8 Å². The number of nitrogens with one attached hydrogen (secondary N) is 1. The second-order valence-corrected chi connectivity index (χ2v) is 6.35. The van der Waals surface area contributed by atoms with Gasteiger partial charge in [0.25, 0.3) is 5.91 Å². The Morgan fingerprint density at radius 2 is 1.96 bits per heavy atom. The Kier molecular flexibility index (Phi) is 5.86. The number of rotatable bonds is 4. The van der Waals surface area contributed by atoms with Crippen molar-refractivity contribution in [3.63, 3.8) is 0 Å². The number of carbonyl (C=O) groups is 2. The summed E-state index contributed by atoms with van der Waals surface area (Å²) in [5.74, 6) is -1.21. The van der Waals surface area contributed by atoms with Gasteiger partial charge in [0.2, 0.25) is 0 Å². The molecule has 0 atom stereocenters. The molecule has 1 saturated carbocycles. The van der Waals surface area contributed by atoms with Crippen molar-refractivity contribution in [2.24, 2.45) is 0 Å². The van der Waals surface area contributed by atoms with Gasteiger partial charge in [-0.25, -0.2) is 4.79 Å². The molecule has 0 spiro atoms. The van der Waals surface area contributed by atoms with Crippen LogP contribution in [0.2, 0.25) is 10.0 Å². The average molecular weight is 355 g/mol. The molecule has 5 nitrogen and oxygen atoms in total. The lowest BCUT2D eigenvalue weighted by atomic mass is 9.83. The summed E-state index contributed by atoms with van der Waals surface area (Å²) in [7, 11) is 0. The molecule has 1 fully saturated rings. The number of amides is 1. The van der Waals surface area contributed by atoms with E-state index in [2.05, 4.69) is 11.4 Å². The predicted molar refractivity (Wildman–Crippen MR) is 86.3 cm³/mol. The number of ether oxygens (including phenoxy) is 1. The molecule has 0 unspecified atom stereocenters. The van der Waals surface area contributed by atoms with Crippen LogP contribution in [-0.4, -0.2) is 24.0 Å². The smallest absolute Gasteiger partial charge is 0.340 e.